The fourth-order valence-electron chi connectivity index (χ4n) is 2.13. The van der Waals surface area contributed by atoms with Crippen molar-refractivity contribution in [2.75, 3.05) is 13.2 Å². The van der Waals surface area contributed by atoms with Crippen molar-refractivity contribution in [3.05, 3.63) is 65.0 Å². The number of aryl methyl sites for hydroxylation is 2. The van der Waals surface area contributed by atoms with E-state index in [4.69, 9.17) is 4.74 Å². The van der Waals surface area contributed by atoms with Crippen LogP contribution in [0.1, 0.15) is 16.7 Å². The molecule has 0 heterocycles. The molecule has 0 aliphatic carbocycles. The van der Waals surface area contributed by atoms with Crippen molar-refractivity contribution in [3.63, 3.8) is 0 Å². The van der Waals surface area contributed by atoms with Crippen molar-refractivity contribution in [3.8, 4) is 5.75 Å². The number of nitrogens with one attached hydrogen (secondary N) is 1. The number of ether oxygens (including phenoxy) is 1. The van der Waals surface area contributed by atoms with Gasteiger partial charge in [0.25, 0.3) is 0 Å². The summed E-state index contributed by atoms with van der Waals surface area (Å²) in [6.07, 6.45) is 0. The molecule has 20 heavy (non-hydrogen) atoms. The zero-order valence-corrected chi connectivity index (χ0v) is 11.9. The van der Waals surface area contributed by atoms with E-state index < -0.39 is 0 Å². The fraction of sp³-hybridized carbons (Fsp3) is 0.294. The van der Waals surface area contributed by atoms with Crippen LogP contribution in [0.3, 0.4) is 0 Å². The topological polar surface area (TPSA) is 21.3 Å². The summed E-state index contributed by atoms with van der Waals surface area (Å²) in [5.41, 5.74) is 2.49. The molecule has 0 aliphatic heterocycles. The lowest BCUT2D eigenvalue weighted by molar-refractivity contribution is 0.313. The second kappa shape index (κ2) is 7.06. The summed E-state index contributed by atoms with van der Waals surface area (Å²) in [7, 11) is 0. The largest absolute Gasteiger partial charge is 0.492 e. The van der Waals surface area contributed by atoms with Gasteiger partial charge in [-0.1, -0.05) is 30.3 Å². The lowest BCUT2D eigenvalue weighted by atomic mass is 10.1. The molecule has 0 bridgehead atoms. The minimum absolute atomic E-state index is 0.110. The van der Waals surface area contributed by atoms with Crippen LogP contribution in [0.15, 0.2) is 42.5 Å². The Kier molecular flexibility index (Phi) is 5.13. The van der Waals surface area contributed by atoms with Crippen molar-refractivity contribution in [2.45, 2.75) is 20.4 Å². The van der Waals surface area contributed by atoms with Crippen molar-refractivity contribution < 1.29 is 9.13 Å². The predicted molar refractivity (Wildman–Crippen MR) is 79.5 cm³/mol. The van der Waals surface area contributed by atoms with Crippen LogP contribution >= 0.6 is 0 Å². The molecular weight excluding hydrogens is 253 g/mol. The first-order chi connectivity index (χ1) is 9.66. The number of halogens is 1. The van der Waals surface area contributed by atoms with Crippen LogP contribution in [0.25, 0.3) is 0 Å². The summed E-state index contributed by atoms with van der Waals surface area (Å²) >= 11 is 0. The monoisotopic (exact) mass is 273 g/mol. The molecule has 2 aromatic carbocycles. The lowest BCUT2D eigenvalue weighted by Gasteiger charge is -2.09. The van der Waals surface area contributed by atoms with Crippen LogP contribution in [-0.2, 0) is 6.54 Å². The summed E-state index contributed by atoms with van der Waals surface area (Å²) in [5, 5.41) is 3.30. The maximum atomic E-state index is 13.5. The molecule has 3 heteroatoms. The van der Waals surface area contributed by atoms with E-state index in [0.29, 0.717) is 17.7 Å². The minimum atomic E-state index is -0.110. The Hall–Kier alpha value is -1.87. The van der Waals surface area contributed by atoms with Gasteiger partial charge in [-0.3, -0.25) is 0 Å². The van der Waals surface area contributed by atoms with Crippen LogP contribution in [0, 0.1) is 19.7 Å². The molecular formula is C17H20FNO. The molecule has 2 rings (SSSR count). The highest BCUT2D eigenvalue weighted by Crippen LogP contribution is 2.14. The van der Waals surface area contributed by atoms with Crippen molar-refractivity contribution in [1.82, 2.24) is 5.32 Å². The summed E-state index contributed by atoms with van der Waals surface area (Å²) in [6.45, 7) is 5.68. The molecule has 0 aromatic heterocycles. The molecule has 1 N–H and O–H groups in total. The van der Waals surface area contributed by atoms with Gasteiger partial charge in [0.2, 0.25) is 0 Å². The highest BCUT2D eigenvalue weighted by molar-refractivity contribution is 5.30. The molecule has 2 aromatic rings. The van der Waals surface area contributed by atoms with Gasteiger partial charge in [0, 0.05) is 13.1 Å². The Morgan fingerprint density at radius 1 is 1.05 bits per heavy atom. The molecule has 0 fully saturated rings. The third kappa shape index (κ3) is 4.07. The maximum absolute atomic E-state index is 13.5. The smallest absolute Gasteiger partial charge is 0.129 e. The van der Waals surface area contributed by atoms with E-state index in [1.54, 1.807) is 13.8 Å². The standard InChI is InChI=1S/C17H20FNO/c1-13-10-15(11-14(2)17(13)18)12-19-8-9-20-16-6-4-3-5-7-16/h3-7,10-11,19H,8-9,12H2,1-2H3. The Morgan fingerprint density at radius 2 is 1.70 bits per heavy atom. The van der Waals surface area contributed by atoms with Crippen LogP contribution in [-0.4, -0.2) is 13.2 Å². The van der Waals surface area contributed by atoms with Gasteiger partial charge < -0.3 is 10.1 Å². The summed E-state index contributed by atoms with van der Waals surface area (Å²) in [5.74, 6) is 0.768. The van der Waals surface area contributed by atoms with Gasteiger partial charge in [0.05, 0.1) is 0 Å². The van der Waals surface area contributed by atoms with E-state index in [2.05, 4.69) is 5.32 Å². The second-order valence-corrected chi connectivity index (χ2v) is 4.88. The quantitative estimate of drug-likeness (QED) is 0.812. The molecule has 106 valence electrons. The number of hydrogen-bond acceptors (Lipinski definition) is 2. The average Bonchev–Trinajstić information content (AvgIpc) is 2.45. The molecule has 0 radical (unpaired) electrons. The first-order valence-electron chi connectivity index (χ1n) is 6.81. The van der Waals surface area contributed by atoms with Crippen LogP contribution in [0.4, 0.5) is 4.39 Å². The zero-order valence-electron chi connectivity index (χ0n) is 11.9. The van der Waals surface area contributed by atoms with Crippen LogP contribution in [0.2, 0.25) is 0 Å². The van der Waals surface area contributed by atoms with Crippen molar-refractivity contribution >= 4 is 0 Å². The van der Waals surface area contributed by atoms with E-state index in [1.165, 1.54) is 0 Å². The van der Waals surface area contributed by atoms with Crippen LogP contribution < -0.4 is 10.1 Å². The molecule has 0 amide bonds. The lowest BCUT2D eigenvalue weighted by Crippen LogP contribution is -2.20. The second-order valence-electron chi connectivity index (χ2n) is 4.88. The third-order valence-corrected chi connectivity index (χ3v) is 3.12. The number of para-hydroxylation sites is 1. The van der Waals surface area contributed by atoms with E-state index >= 15 is 0 Å². The highest BCUT2D eigenvalue weighted by atomic mass is 19.1. The first-order valence-corrected chi connectivity index (χ1v) is 6.81. The summed E-state index contributed by atoms with van der Waals surface area (Å²) in [6, 6.07) is 13.5. The molecule has 0 aliphatic rings. The van der Waals surface area contributed by atoms with Gasteiger partial charge in [0.1, 0.15) is 18.2 Å². The molecule has 2 nitrogen and oxygen atoms in total. The van der Waals surface area contributed by atoms with E-state index in [9.17, 15) is 4.39 Å². The SMILES string of the molecule is Cc1cc(CNCCOc2ccccc2)cc(C)c1F. The van der Waals surface area contributed by atoms with Crippen molar-refractivity contribution in [1.29, 1.82) is 0 Å². The maximum Gasteiger partial charge on any atom is 0.129 e. The number of hydrogen-bond donors (Lipinski definition) is 1. The van der Waals surface area contributed by atoms with E-state index in [0.717, 1.165) is 24.4 Å². The van der Waals surface area contributed by atoms with Crippen LogP contribution in [0.5, 0.6) is 5.75 Å². The molecule has 0 unspecified atom stereocenters. The Labute approximate surface area is 119 Å². The van der Waals surface area contributed by atoms with Gasteiger partial charge in [-0.25, -0.2) is 4.39 Å². The van der Waals surface area contributed by atoms with Crippen molar-refractivity contribution in [2.24, 2.45) is 0 Å². The first kappa shape index (κ1) is 14.5. The molecule has 0 spiro atoms. The summed E-state index contributed by atoms with van der Waals surface area (Å²) < 4.78 is 19.1. The highest BCUT2D eigenvalue weighted by Gasteiger charge is 2.03. The summed E-state index contributed by atoms with van der Waals surface area (Å²) in [4.78, 5) is 0. The average molecular weight is 273 g/mol. The Morgan fingerprint density at radius 3 is 2.35 bits per heavy atom. The number of rotatable bonds is 6. The normalized spacial score (nSPS) is 10.6. The number of benzene rings is 2. The molecule has 0 saturated carbocycles. The minimum Gasteiger partial charge on any atom is -0.492 e. The Balaban J connectivity index is 1.74. The predicted octanol–water partition coefficient (Wildman–Crippen LogP) is 3.61. The third-order valence-electron chi connectivity index (χ3n) is 3.12. The zero-order chi connectivity index (χ0) is 14.4. The van der Waals surface area contributed by atoms with Gasteiger partial charge in [-0.05, 0) is 42.7 Å². The van der Waals surface area contributed by atoms with Gasteiger partial charge in [-0.15, -0.1) is 0 Å². The molecule has 0 atom stereocenters. The Bertz CT molecular complexity index is 531. The van der Waals surface area contributed by atoms with E-state index in [1.807, 2.05) is 42.5 Å². The molecule has 0 saturated heterocycles. The van der Waals surface area contributed by atoms with E-state index in [-0.39, 0.29) is 5.82 Å². The fourth-order valence-corrected chi connectivity index (χ4v) is 2.13. The van der Waals surface area contributed by atoms with Gasteiger partial charge >= 0.3 is 0 Å². The van der Waals surface area contributed by atoms with Gasteiger partial charge in [0.15, 0.2) is 0 Å². The van der Waals surface area contributed by atoms with Gasteiger partial charge in [-0.2, -0.15) is 0 Å².